The van der Waals surface area contributed by atoms with Crippen LogP contribution in [0.1, 0.15) is 67.2 Å². The number of rotatable bonds is 7. The molecule has 0 radical (unpaired) electrons. The summed E-state index contributed by atoms with van der Waals surface area (Å²) >= 11 is 0. The lowest BCUT2D eigenvalue weighted by Gasteiger charge is -2.40. The van der Waals surface area contributed by atoms with Crippen molar-refractivity contribution >= 4 is 5.96 Å². The van der Waals surface area contributed by atoms with Gasteiger partial charge in [0.25, 0.3) is 0 Å². The van der Waals surface area contributed by atoms with Crippen LogP contribution >= 0.6 is 0 Å². The maximum atomic E-state index is 10.4. The fourth-order valence-electron chi connectivity index (χ4n) is 3.28. The number of aliphatic imine (C=N–C) groups is 1. The van der Waals surface area contributed by atoms with E-state index in [2.05, 4.69) is 43.3 Å². The molecule has 0 bridgehead atoms. The van der Waals surface area contributed by atoms with Crippen LogP contribution in [0.5, 0.6) is 0 Å². The predicted octanol–water partition coefficient (Wildman–Crippen LogP) is 2.93. The van der Waals surface area contributed by atoms with Crippen LogP contribution in [0.15, 0.2) is 4.99 Å². The zero-order valence-electron chi connectivity index (χ0n) is 16.6. The molecule has 5 nitrogen and oxygen atoms in total. The van der Waals surface area contributed by atoms with Crippen LogP contribution in [-0.2, 0) is 4.74 Å². The first-order valence-electron chi connectivity index (χ1n) is 9.62. The van der Waals surface area contributed by atoms with E-state index in [1.54, 1.807) is 0 Å². The van der Waals surface area contributed by atoms with Crippen LogP contribution in [0.3, 0.4) is 0 Å². The summed E-state index contributed by atoms with van der Waals surface area (Å²) in [6, 6.07) is 0. The first kappa shape index (κ1) is 21.2. The lowest BCUT2D eigenvalue weighted by Crippen LogP contribution is -2.48. The summed E-state index contributed by atoms with van der Waals surface area (Å²) < 4.78 is 6.06. The van der Waals surface area contributed by atoms with E-state index in [9.17, 15) is 5.11 Å². The molecule has 1 fully saturated rings. The van der Waals surface area contributed by atoms with Gasteiger partial charge >= 0.3 is 0 Å². The second-order valence-corrected chi connectivity index (χ2v) is 8.07. The summed E-state index contributed by atoms with van der Waals surface area (Å²) in [5.74, 6) is 1.27. The molecule has 1 saturated heterocycles. The molecule has 0 aromatic heterocycles. The van der Waals surface area contributed by atoms with E-state index >= 15 is 0 Å². The van der Waals surface area contributed by atoms with Crippen LogP contribution in [0, 0.1) is 11.3 Å². The van der Waals surface area contributed by atoms with Crippen LogP contribution in [0.4, 0.5) is 0 Å². The minimum absolute atomic E-state index is 0.146. The molecule has 0 amide bonds. The average molecular weight is 342 g/mol. The van der Waals surface area contributed by atoms with Gasteiger partial charge in [-0.15, -0.1) is 0 Å². The highest BCUT2D eigenvalue weighted by molar-refractivity contribution is 5.79. The summed E-state index contributed by atoms with van der Waals surface area (Å²) in [7, 11) is 0. The number of ether oxygens (including phenoxy) is 1. The third kappa shape index (κ3) is 6.60. The van der Waals surface area contributed by atoms with Crippen molar-refractivity contribution in [3.63, 3.8) is 0 Å². The maximum Gasteiger partial charge on any atom is 0.191 e. The van der Waals surface area contributed by atoms with Gasteiger partial charge in [-0.05, 0) is 38.0 Å². The SMILES string of the molecule is CCNC(=NCC(O)(CC)CC)NCC1CCCOC1C(C)(C)C. The molecule has 0 aliphatic carbocycles. The van der Waals surface area contributed by atoms with Gasteiger partial charge in [-0.25, -0.2) is 0 Å². The molecule has 0 saturated carbocycles. The number of nitrogens with one attached hydrogen (secondary N) is 2. The first-order chi connectivity index (χ1) is 11.3. The molecule has 1 aliphatic rings. The monoisotopic (exact) mass is 341 g/mol. The normalized spacial score (nSPS) is 23.2. The van der Waals surface area contributed by atoms with E-state index in [0.717, 1.165) is 44.9 Å². The number of guanidine groups is 1. The van der Waals surface area contributed by atoms with Crippen LogP contribution in [0.2, 0.25) is 0 Å². The number of nitrogens with zero attached hydrogens (tertiary/aromatic N) is 1. The molecule has 2 atom stereocenters. The summed E-state index contributed by atoms with van der Waals surface area (Å²) in [6.45, 7) is 15.8. The largest absolute Gasteiger partial charge is 0.388 e. The van der Waals surface area contributed by atoms with Crippen LogP contribution in [-0.4, -0.2) is 49.0 Å². The molecule has 5 heteroatoms. The number of hydrogen-bond acceptors (Lipinski definition) is 3. The molecular formula is C19H39N3O2. The molecule has 0 aromatic carbocycles. The number of hydrogen-bond donors (Lipinski definition) is 3. The van der Waals surface area contributed by atoms with Crippen molar-refractivity contribution < 1.29 is 9.84 Å². The second-order valence-electron chi connectivity index (χ2n) is 8.07. The van der Waals surface area contributed by atoms with Gasteiger partial charge < -0.3 is 20.5 Å². The van der Waals surface area contributed by atoms with Crippen molar-refractivity contribution in [3.8, 4) is 0 Å². The maximum absolute atomic E-state index is 10.4. The van der Waals surface area contributed by atoms with Gasteiger partial charge in [-0.3, -0.25) is 4.99 Å². The Morgan fingerprint density at radius 2 is 1.83 bits per heavy atom. The minimum atomic E-state index is -0.704. The molecular weight excluding hydrogens is 302 g/mol. The Hall–Kier alpha value is -0.810. The third-order valence-electron chi connectivity index (χ3n) is 5.02. The summed E-state index contributed by atoms with van der Waals surface area (Å²) in [5.41, 5.74) is -0.558. The molecule has 1 rings (SSSR count). The highest BCUT2D eigenvalue weighted by atomic mass is 16.5. The first-order valence-corrected chi connectivity index (χ1v) is 9.62. The fraction of sp³-hybridized carbons (Fsp3) is 0.947. The van der Waals surface area contributed by atoms with Gasteiger partial charge in [0.05, 0.1) is 18.2 Å². The Bertz CT molecular complexity index is 387. The van der Waals surface area contributed by atoms with Crippen molar-refractivity contribution in [2.24, 2.45) is 16.3 Å². The smallest absolute Gasteiger partial charge is 0.191 e. The van der Waals surface area contributed by atoms with Gasteiger partial charge in [-0.1, -0.05) is 34.6 Å². The summed E-state index contributed by atoms with van der Waals surface area (Å²) in [6.07, 6.45) is 4.01. The highest BCUT2D eigenvalue weighted by Crippen LogP contribution is 2.33. The molecule has 0 spiro atoms. The van der Waals surface area contributed by atoms with Crippen molar-refractivity contribution in [3.05, 3.63) is 0 Å². The molecule has 1 aliphatic heterocycles. The topological polar surface area (TPSA) is 65.9 Å². The summed E-state index contributed by atoms with van der Waals surface area (Å²) in [4.78, 5) is 4.60. The van der Waals surface area contributed by atoms with Gasteiger partial charge in [0.2, 0.25) is 0 Å². The lowest BCUT2D eigenvalue weighted by molar-refractivity contribution is -0.0835. The Labute approximate surface area is 148 Å². The second kappa shape index (κ2) is 9.62. The highest BCUT2D eigenvalue weighted by Gasteiger charge is 2.35. The molecule has 24 heavy (non-hydrogen) atoms. The van der Waals surface area contributed by atoms with E-state index in [1.165, 1.54) is 6.42 Å². The molecule has 2 unspecified atom stereocenters. The standard InChI is InChI=1S/C19H39N3O2/c1-7-19(23,8-2)14-22-17(20-9-3)21-13-15-11-10-12-24-16(15)18(4,5)6/h15-16,23H,7-14H2,1-6H3,(H2,20,21,22). The van der Waals surface area contributed by atoms with Crippen LogP contribution < -0.4 is 10.6 Å². The van der Waals surface area contributed by atoms with Gasteiger partial charge in [-0.2, -0.15) is 0 Å². The van der Waals surface area contributed by atoms with E-state index in [-0.39, 0.29) is 11.5 Å². The predicted molar refractivity (Wildman–Crippen MR) is 101 cm³/mol. The molecule has 142 valence electrons. The van der Waals surface area contributed by atoms with Gasteiger partial charge in [0.15, 0.2) is 5.96 Å². The van der Waals surface area contributed by atoms with Crippen molar-refractivity contribution in [1.29, 1.82) is 0 Å². The summed E-state index contributed by atoms with van der Waals surface area (Å²) in [5, 5.41) is 17.2. The number of aliphatic hydroxyl groups is 1. The Morgan fingerprint density at radius 3 is 2.38 bits per heavy atom. The molecule has 1 heterocycles. The van der Waals surface area contributed by atoms with E-state index < -0.39 is 5.60 Å². The zero-order valence-corrected chi connectivity index (χ0v) is 16.6. The van der Waals surface area contributed by atoms with E-state index in [1.807, 2.05) is 13.8 Å². The van der Waals surface area contributed by atoms with Crippen molar-refractivity contribution in [1.82, 2.24) is 10.6 Å². The Morgan fingerprint density at radius 1 is 1.17 bits per heavy atom. The van der Waals surface area contributed by atoms with Crippen molar-refractivity contribution in [2.45, 2.75) is 78.9 Å². The molecule has 0 aromatic rings. The fourth-order valence-corrected chi connectivity index (χ4v) is 3.28. The Balaban J connectivity index is 2.67. The Kier molecular flexibility index (Phi) is 8.51. The van der Waals surface area contributed by atoms with Crippen LogP contribution in [0.25, 0.3) is 0 Å². The van der Waals surface area contributed by atoms with Gasteiger partial charge in [0.1, 0.15) is 0 Å². The lowest BCUT2D eigenvalue weighted by atomic mass is 9.78. The van der Waals surface area contributed by atoms with Crippen molar-refractivity contribution in [2.75, 3.05) is 26.2 Å². The van der Waals surface area contributed by atoms with E-state index in [0.29, 0.717) is 12.5 Å². The molecule has 3 N–H and O–H groups in total. The van der Waals surface area contributed by atoms with Gasteiger partial charge in [0, 0.05) is 25.6 Å². The minimum Gasteiger partial charge on any atom is -0.388 e. The quantitative estimate of drug-likeness (QED) is 0.492. The zero-order chi connectivity index (χ0) is 18.2. The van der Waals surface area contributed by atoms with E-state index in [4.69, 9.17) is 4.74 Å². The third-order valence-corrected chi connectivity index (χ3v) is 5.02. The average Bonchev–Trinajstić information content (AvgIpc) is 2.56.